The number of nitrogens with one attached hydrogen (secondary N) is 1. The van der Waals surface area contributed by atoms with Crippen LogP contribution in [-0.2, 0) is 5.41 Å². The normalized spacial score (nSPS) is 18.6. The monoisotopic (exact) mass is 312 g/mol. The maximum absolute atomic E-state index is 6.21. The molecule has 0 aliphatic carbocycles. The third-order valence-electron chi connectivity index (χ3n) is 4.15. The van der Waals surface area contributed by atoms with Crippen LogP contribution in [0.3, 0.4) is 0 Å². The van der Waals surface area contributed by atoms with Crippen molar-refractivity contribution in [3.05, 3.63) is 28.1 Å². The minimum atomic E-state index is 0.0365. The SMILES string of the molecule is CCCC1(c2nc3cc(Cl)cc(Cl)c3o2)CCNCC1. The Kier molecular flexibility index (Phi) is 3.93. The van der Waals surface area contributed by atoms with Gasteiger partial charge < -0.3 is 9.73 Å². The maximum atomic E-state index is 6.21. The standard InChI is InChI=1S/C15H18Cl2N2O/c1-2-3-15(4-6-18-7-5-15)14-19-12-9-10(16)8-11(17)13(12)20-14/h8-9,18H,2-7H2,1H3. The molecule has 0 spiro atoms. The third kappa shape index (κ3) is 2.43. The fourth-order valence-corrected chi connectivity index (χ4v) is 3.66. The number of rotatable bonds is 3. The first-order chi connectivity index (χ1) is 9.64. The fraction of sp³-hybridized carbons (Fsp3) is 0.533. The van der Waals surface area contributed by atoms with Gasteiger partial charge in [0.15, 0.2) is 5.58 Å². The van der Waals surface area contributed by atoms with E-state index in [2.05, 4.69) is 17.2 Å². The van der Waals surface area contributed by atoms with E-state index in [-0.39, 0.29) is 5.41 Å². The molecule has 2 aromatic rings. The van der Waals surface area contributed by atoms with E-state index < -0.39 is 0 Å². The molecule has 0 radical (unpaired) electrons. The van der Waals surface area contributed by atoms with Gasteiger partial charge in [-0.25, -0.2) is 4.98 Å². The Bertz CT molecular complexity index is 612. The Balaban J connectivity index is 2.09. The Morgan fingerprint density at radius 2 is 2.05 bits per heavy atom. The number of halogens is 2. The summed E-state index contributed by atoms with van der Waals surface area (Å²) in [4.78, 5) is 4.69. The van der Waals surface area contributed by atoms with Crippen LogP contribution in [0.1, 0.15) is 38.5 Å². The lowest BCUT2D eigenvalue weighted by molar-refractivity contribution is 0.234. The third-order valence-corrected chi connectivity index (χ3v) is 4.65. The number of aromatic nitrogens is 1. The molecule has 2 heterocycles. The average Bonchev–Trinajstić information content (AvgIpc) is 2.85. The number of nitrogens with zero attached hydrogens (tertiary/aromatic N) is 1. The van der Waals surface area contributed by atoms with Crippen molar-refractivity contribution in [2.24, 2.45) is 0 Å². The zero-order chi connectivity index (χ0) is 14.2. The van der Waals surface area contributed by atoms with Crippen molar-refractivity contribution in [1.29, 1.82) is 0 Å². The molecular formula is C15H18Cl2N2O. The Morgan fingerprint density at radius 1 is 1.30 bits per heavy atom. The molecule has 3 rings (SSSR count). The number of piperidine rings is 1. The number of hydrogen-bond acceptors (Lipinski definition) is 3. The summed E-state index contributed by atoms with van der Waals surface area (Å²) in [5.41, 5.74) is 1.45. The lowest BCUT2D eigenvalue weighted by atomic mass is 9.75. The predicted octanol–water partition coefficient (Wildman–Crippen LogP) is 4.56. The topological polar surface area (TPSA) is 38.1 Å². The minimum Gasteiger partial charge on any atom is -0.439 e. The van der Waals surface area contributed by atoms with Crippen LogP contribution in [0.25, 0.3) is 11.1 Å². The van der Waals surface area contributed by atoms with Gasteiger partial charge in [0.1, 0.15) is 5.52 Å². The lowest BCUT2D eigenvalue weighted by Gasteiger charge is -2.34. The van der Waals surface area contributed by atoms with Crippen LogP contribution < -0.4 is 5.32 Å². The Labute approximate surface area is 128 Å². The van der Waals surface area contributed by atoms with Gasteiger partial charge in [-0.2, -0.15) is 0 Å². The molecule has 1 saturated heterocycles. The Hall–Kier alpha value is -0.770. The van der Waals surface area contributed by atoms with Crippen LogP contribution in [0.5, 0.6) is 0 Å². The van der Waals surface area contributed by atoms with Gasteiger partial charge in [-0.1, -0.05) is 36.5 Å². The summed E-state index contributed by atoms with van der Waals surface area (Å²) in [6.45, 7) is 4.22. The molecule has 0 saturated carbocycles. The molecule has 1 N–H and O–H groups in total. The molecule has 3 nitrogen and oxygen atoms in total. The summed E-state index contributed by atoms with van der Waals surface area (Å²) >= 11 is 12.2. The molecule has 0 atom stereocenters. The van der Waals surface area contributed by atoms with Crippen molar-refractivity contribution in [1.82, 2.24) is 10.3 Å². The second-order valence-electron chi connectivity index (χ2n) is 5.54. The molecule has 0 amide bonds. The first kappa shape index (κ1) is 14.2. The summed E-state index contributed by atoms with van der Waals surface area (Å²) in [5.74, 6) is 0.819. The van der Waals surface area contributed by atoms with Gasteiger partial charge in [0, 0.05) is 10.4 Å². The largest absolute Gasteiger partial charge is 0.439 e. The first-order valence-corrected chi connectivity index (χ1v) is 7.87. The second kappa shape index (κ2) is 5.55. The van der Waals surface area contributed by atoms with E-state index in [0.717, 1.165) is 50.2 Å². The predicted molar refractivity (Wildman–Crippen MR) is 82.7 cm³/mol. The van der Waals surface area contributed by atoms with Gasteiger partial charge >= 0.3 is 0 Å². The van der Waals surface area contributed by atoms with E-state index in [0.29, 0.717) is 15.6 Å². The second-order valence-corrected chi connectivity index (χ2v) is 6.38. The van der Waals surface area contributed by atoms with Crippen molar-refractivity contribution in [3.8, 4) is 0 Å². The van der Waals surface area contributed by atoms with Crippen LogP contribution in [0.4, 0.5) is 0 Å². The zero-order valence-corrected chi connectivity index (χ0v) is 13.0. The highest BCUT2D eigenvalue weighted by atomic mass is 35.5. The molecule has 0 bridgehead atoms. The molecule has 1 fully saturated rings. The van der Waals surface area contributed by atoms with Crippen molar-refractivity contribution >= 4 is 34.3 Å². The van der Waals surface area contributed by atoms with Crippen molar-refractivity contribution in [2.75, 3.05) is 13.1 Å². The molecule has 1 aromatic heterocycles. The van der Waals surface area contributed by atoms with Crippen molar-refractivity contribution in [2.45, 2.75) is 38.0 Å². The molecular weight excluding hydrogens is 295 g/mol. The molecule has 5 heteroatoms. The summed E-state index contributed by atoms with van der Waals surface area (Å²) in [5, 5.41) is 4.53. The summed E-state index contributed by atoms with van der Waals surface area (Å²) in [6, 6.07) is 3.52. The number of oxazole rings is 1. The molecule has 0 unspecified atom stereocenters. The van der Waals surface area contributed by atoms with Crippen LogP contribution in [0, 0.1) is 0 Å². The number of hydrogen-bond donors (Lipinski definition) is 1. The molecule has 1 aliphatic heterocycles. The highest BCUT2D eigenvalue weighted by Gasteiger charge is 2.37. The fourth-order valence-electron chi connectivity index (χ4n) is 3.14. The number of fused-ring (bicyclic) bond motifs is 1. The molecule has 1 aromatic carbocycles. The van der Waals surface area contributed by atoms with Gasteiger partial charge in [-0.05, 0) is 44.5 Å². The molecule has 108 valence electrons. The number of benzene rings is 1. The van der Waals surface area contributed by atoms with Crippen LogP contribution in [0.15, 0.2) is 16.5 Å². The zero-order valence-electron chi connectivity index (χ0n) is 11.5. The van der Waals surface area contributed by atoms with E-state index >= 15 is 0 Å². The average molecular weight is 313 g/mol. The molecule has 1 aliphatic rings. The van der Waals surface area contributed by atoms with E-state index in [1.54, 1.807) is 6.07 Å². The van der Waals surface area contributed by atoms with Gasteiger partial charge in [0.05, 0.1) is 5.02 Å². The summed E-state index contributed by atoms with van der Waals surface area (Å²) in [6.07, 6.45) is 4.32. The van der Waals surface area contributed by atoms with Gasteiger partial charge in [0.25, 0.3) is 0 Å². The maximum Gasteiger partial charge on any atom is 0.201 e. The highest BCUT2D eigenvalue weighted by Crippen LogP contribution is 2.40. The van der Waals surface area contributed by atoms with Crippen LogP contribution >= 0.6 is 23.2 Å². The summed E-state index contributed by atoms with van der Waals surface area (Å²) < 4.78 is 6.02. The van der Waals surface area contributed by atoms with Crippen LogP contribution in [0.2, 0.25) is 10.0 Å². The smallest absolute Gasteiger partial charge is 0.201 e. The first-order valence-electron chi connectivity index (χ1n) is 7.11. The van der Waals surface area contributed by atoms with E-state index in [9.17, 15) is 0 Å². The summed E-state index contributed by atoms with van der Waals surface area (Å²) in [7, 11) is 0. The van der Waals surface area contributed by atoms with Crippen molar-refractivity contribution < 1.29 is 4.42 Å². The lowest BCUT2D eigenvalue weighted by Crippen LogP contribution is -2.40. The van der Waals surface area contributed by atoms with Gasteiger partial charge in [-0.3, -0.25) is 0 Å². The Morgan fingerprint density at radius 3 is 2.75 bits per heavy atom. The van der Waals surface area contributed by atoms with E-state index in [1.165, 1.54) is 0 Å². The van der Waals surface area contributed by atoms with E-state index in [4.69, 9.17) is 27.6 Å². The quantitative estimate of drug-likeness (QED) is 0.903. The molecule has 20 heavy (non-hydrogen) atoms. The minimum absolute atomic E-state index is 0.0365. The van der Waals surface area contributed by atoms with Crippen molar-refractivity contribution in [3.63, 3.8) is 0 Å². The highest BCUT2D eigenvalue weighted by molar-refractivity contribution is 6.37. The van der Waals surface area contributed by atoms with Gasteiger partial charge in [0.2, 0.25) is 5.89 Å². The van der Waals surface area contributed by atoms with E-state index in [1.807, 2.05) is 6.07 Å². The van der Waals surface area contributed by atoms with Crippen LogP contribution in [-0.4, -0.2) is 18.1 Å². The van der Waals surface area contributed by atoms with Gasteiger partial charge in [-0.15, -0.1) is 0 Å².